The Morgan fingerprint density at radius 1 is 1.11 bits per heavy atom. The largest absolute Gasteiger partial charge is 0.338 e. The number of likely N-dealkylation sites (tertiary alicyclic amines) is 1. The van der Waals surface area contributed by atoms with E-state index in [-0.39, 0.29) is 25.0 Å². The number of amides is 3. The number of imide groups is 1. The molecular weight excluding hydrogens is 489 g/mol. The number of thioether (sulfide) groups is 1. The van der Waals surface area contributed by atoms with Gasteiger partial charge < -0.3 is 9.47 Å². The molecule has 2 fully saturated rings. The number of nitrogens with zero attached hydrogens (tertiary/aromatic N) is 3. The van der Waals surface area contributed by atoms with Crippen LogP contribution in [0.1, 0.15) is 49.8 Å². The average molecular weight is 520 g/mol. The van der Waals surface area contributed by atoms with Gasteiger partial charge in [-0.1, -0.05) is 43.3 Å². The zero-order chi connectivity index (χ0) is 26.1. The first-order valence-electron chi connectivity index (χ1n) is 12.8. The second kappa shape index (κ2) is 10.5. The van der Waals surface area contributed by atoms with Gasteiger partial charge in [-0.05, 0) is 62.1 Å². The van der Waals surface area contributed by atoms with Gasteiger partial charge in [0.15, 0.2) is 0 Å². The zero-order valence-electron chi connectivity index (χ0n) is 21.1. The highest BCUT2D eigenvalue weighted by Crippen LogP contribution is 2.36. The number of piperidine rings is 1. The number of benzene rings is 2. The molecule has 192 valence electrons. The van der Waals surface area contributed by atoms with Crippen molar-refractivity contribution in [3.05, 3.63) is 76.1 Å². The Balaban J connectivity index is 1.47. The topological polar surface area (TPSA) is 62.6 Å². The Labute approximate surface area is 220 Å². The summed E-state index contributed by atoms with van der Waals surface area (Å²) >= 11 is 0.858. The van der Waals surface area contributed by atoms with Gasteiger partial charge in [0.2, 0.25) is 5.91 Å². The van der Waals surface area contributed by atoms with Crippen molar-refractivity contribution >= 4 is 45.8 Å². The van der Waals surface area contributed by atoms with Crippen LogP contribution < -0.4 is 0 Å². The molecule has 8 heteroatoms. The van der Waals surface area contributed by atoms with Gasteiger partial charge in [0, 0.05) is 35.3 Å². The minimum Gasteiger partial charge on any atom is -0.338 e. The highest BCUT2D eigenvalue weighted by molar-refractivity contribution is 8.18. The summed E-state index contributed by atoms with van der Waals surface area (Å²) in [7, 11) is 0. The SMILES string of the molecule is CCc1cccc2c(/C=C3\SC(=O)N(Cc4ccccc4F)C3=O)cn(CC(=O)N3CCCC[C@H]3C)c12. The highest BCUT2D eigenvalue weighted by atomic mass is 32.2. The molecule has 0 saturated carbocycles. The summed E-state index contributed by atoms with van der Waals surface area (Å²) in [6, 6.07) is 12.4. The third kappa shape index (κ3) is 4.94. The number of aryl methyl sites for hydroxylation is 1. The lowest BCUT2D eigenvalue weighted by molar-refractivity contribution is -0.135. The molecule has 37 heavy (non-hydrogen) atoms. The quantitative estimate of drug-likeness (QED) is 0.376. The van der Waals surface area contributed by atoms with E-state index in [1.54, 1.807) is 24.3 Å². The lowest BCUT2D eigenvalue weighted by Gasteiger charge is -2.33. The maximum Gasteiger partial charge on any atom is 0.293 e. The summed E-state index contributed by atoms with van der Waals surface area (Å²) in [5.74, 6) is -0.802. The molecular formula is C29H30FN3O3S. The predicted octanol–water partition coefficient (Wildman–Crippen LogP) is 5.98. The number of hydrogen-bond donors (Lipinski definition) is 0. The fourth-order valence-corrected chi connectivity index (χ4v) is 6.10. The minimum absolute atomic E-state index is 0.0896. The van der Waals surface area contributed by atoms with Crippen molar-refractivity contribution in [1.82, 2.24) is 14.4 Å². The lowest BCUT2D eigenvalue weighted by atomic mass is 10.0. The van der Waals surface area contributed by atoms with E-state index in [1.165, 1.54) is 6.07 Å². The molecule has 1 atom stereocenters. The maximum atomic E-state index is 14.1. The molecule has 0 unspecified atom stereocenters. The zero-order valence-corrected chi connectivity index (χ0v) is 21.9. The van der Waals surface area contributed by atoms with Gasteiger partial charge in [0.1, 0.15) is 12.4 Å². The van der Waals surface area contributed by atoms with Crippen LogP contribution in [0.25, 0.3) is 17.0 Å². The van der Waals surface area contributed by atoms with E-state index < -0.39 is 17.0 Å². The lowest BCUT2D eigenvalue weighted by Crippen LogP contribution is -2.43. The van der Waals surface area contributed by atoms with E-state index in [9.17, 15) is 18.8 Å². The molecule has 0 aliphatic carbocycles. The predicted molar refractivity (Wildman–Crippen MR) is 144 cm³/mol. The van der Waals surface area contributed by atoms with Crippen molar-refractivity contribution in [3.63, 3.8) is 0 Å². The van der Waals surface area contributed by atoms with Gasteiger partial charge in [-0.2, -0.15) is 0 Å². The second-order valence-corrected chi connectivity index (χ2v) is 10.7. The number of halogens is 1. The van der Waals surface area contributed by atoms with E-state index in [0.29, 0.717) is 10.5 Å². The van der Waals surface area contributed by atoms with Crippen LogP contribution in [0.15, 0.2) is 53.6 Å². The van der Waals surface area contributed by atoms with E-state index in [2.05, 4.69) is 19.9 Å². The smallest absolute Gasteiger partial charge is 0.293 e. The molecule has 3 aromatic rings. The molecule has 2 aromatic carbocycles. The summed E-state index contributed by atoms with van der Waals surface area (Å²) in [6.45, 7) is 5.07. The Hall–Kier alpha value is -3.39. The van der Waals surface area contributed by atoms with E-state index in [4.69, 9.17) is 0 Å². The minimum atomic E-state index is -0.451. The number of aromatic nitrogens is 1. The molecule has 2 saturated heterocycles. The number of para-hydroxylation sites is 1. The van der Waals surface area contributed by atoms with Crippen LogP contribution >= 0.6 is 11.8 Å². The number of rotatable bonds is 6. The highest BCUT2D eigenvalue weighted by Gasteiger charge is 2.35. The van der Waals surface area contributed by atoms with Gasteiger partial charge in [0.25, 0.3) is 11.1 Å². The van der Waals surface area contributed by atoms with Crippen molar-refractivity contribution < 1.29 is 18.8 Å². The van der Waals surface area contributed by atoms with Crippen LogP contribution in [0.2, 0.25) is 0 Å². The fraction of sp³-hybridized carbons (Fsp3) is 0.345. The van der Waals surface area contributed by atoms with Gasteiger partial charge in [0.05, 0.1) is 17.0 Å². The van der Waals surface area contributed by atoms with Gasteiger partial charge >= 0.3 is 0 Å². The van der Waals surface area contributed by atoms with Crippen LogP contribution in [-0.2, 0) is 29.1 Å². The molecule has 3 heterocycles. The molecule has 0 spiro atoms. The van der Waals surface area contributed by atoms with Gasteiger partial charge in [-0.3, -0.25) is 19.3 Å². The van der Waals surface area contributed by atoms with Gasteiger partial charge in [-0.15, -0.1) is 0 Å². The third-order valence-electron chi connectivity index (χ3n) is 7.27. The normalized spacial score (nSPS) is 19.4. The molecule has 2 aliphatic heterocycles. The number of carbonyl (C=O) groups excluding carboxylic acids is 3. The molecule has 0 N–H and O–H groups in total. The standard InChI is InChI=1S/C29H30FN3O3S/c1-3-20-11-8-12-23-22(16-31(27(20)23)18-26(34)32-14-7-6-9-19(32)2)15-25-28(35)33(29(36)37-25)17-21-10-4-5-13-24(21)30/h4-5,8,10-13,15-16,19H,3,6-7,9,14,17-18H2,1-2H3/b25-15-/t19-/m1/s1. The summed E-state index contributed by atoms with van der Waals surface area (Å²) in [5, 5.41) is 0.506. The van der Waals surface area contributed by atoms with Crippen molar-refractivity contribution in [2.24, 2.45) is 0 Å². The summed E-state index contributed by atoms with van der Waals surface area (Å²) in [4.78, 5) is 42.4. The van der Waals surface area contributed by atoms with Crippen LogP contribution in [-0.4, -0.2) is 44.0 Å². The van der Waals surface area contributed by atoms with E-state index >= 15 is 0 Å². The summed E-state index contributed by atoms with van der Waals surface area (Å²) < 4.78 is 16.1. The molecule has 6 nitrogen and oxygen atoms in total. The molecule has 3 amide bonds. The second-order valence-electron chi connectivity index (χ2n) is 9.67. The summed E-state index contributed by atoms with van der Waals surface area (Å²) in [6.07, 6.45) is 7.62. The molecule has 2 aliphatic rings. The fourth-order valence-electron chi connectivity index (χ4n) is 5.27. The van der Waals surface area contributed by atoms with E-state index in [0.717, 1.165) is 70.9 Å². The Morgan fingerprint density at radius 2 is 1.89 bits per heavy atom. The van der Waals surface area contributed by atoms with Crippen molar-refractivity contribution in [2.45, 2.75) is 58.7 Å². The van der Waals surface area contributed by atoms with Crippen molar-refractivity contribution in [2.75, 3.05) is 6.54 Å². The number of fused-ring (bicyclic) bond motifs is 1. The van der Waals surface area contributed by atoms with Gasteiger partial charge in [-0.25, -0.2) is 4.39 Å². The summed E-state index contributed by atoms with van der Waals surface area (Å²) in [5.41, 5.74) is 3.16. The molecule has 1 aromatic heterocycles. The van der Waals surface area contributed by atoms with E-state index in [1.807, 2.05) is 27.8 Å². The Morgan fingerprint density at radius 3 is 2.65 bits per heavy atom. The van der Waals surface area contributed by atoms with Crippen molar-refractivity contribution in [3.8, 4) is 0 Å². The number of hydrogen-bond acceptors (Lipinski definition) is 4. The first-order valence-corrected chi connectivity index (χ1v) is 13.6. The van der Waals surface area contributed by atoms with Crippen molar-refractivity contribution in [1.29, 1.82) is 0 Å². The maximum absolute atomic E-state index is 14.1. The Kier molecular flexibility index (Phi) is 7.20. The first kappa shape index (κ1) is 25.3. The van der Waals surface area contributed by atoms with Crippen LogP contribution in [0.4, 0.5) is 9.18 Å². The molecule has 5 rings (SSSR count). The van der Waals surface area contributed by atoms with Crippen LogP contribution in [0.3, 0.4) is 0 Å². The molecule has 0 bridgehead atoms. The monoisotopic (exact) mass is 519 g/mol. The number of carbonyl (C=O) groups is 3. The average Bonchev–Trinajstić information content (AvgIpc) is 3.37. The van der Waals surface area contributed by atoms with Crippen LogP contribution in [0, 0.1) is 5.82 Å². The Bertz CT molecular complexity index is 1410. The van der Waals surface area contributed by atoms with Crippen LogP contribution in [0.5, 0.6) is 0 Å². The first-order chi connectivity index (χ1) is 17.9. The third-order valence-corrected chi connectivity index (χ3v) is 8.18. The molecule has 0 radical (unpaired) electrons.